The fraction of sp³-hybridized carbons (Fsp3) is 0.267. The molecule has 0 saturated heterocycles. The fourth-order valence-electron chi connectivity index (χ4n) is 2.37. The van der Waals surface area contributed by atoms with Crippen LogP contribution in [0, 0.1) is 0 Å². The van der Waals surface area contributed by atoms with E-state index in [9.17, 15) is 0 Å². The molecule has 3 nitrogen and oxygen atoms in total. The summed E-state index contributed by atoms with van der Waals surface area (Å²) in [4.78, 5) is 5.94. The largest absolute Gasteiger partial charge is 0.494 e. The summed E-state index contributed by atoms with van der Waals surface area (Å²) in [6.07, 6.45) is 0. The van der Waals surface area contributed by atoms with Gasteiger partial charge in [-0.15, -0.1) is 22.9 Å². The summed E-state index contributed by atoms with van der Waals surface area (Å²) in [5.74, 6) is 1.64. The van der Waals surface area contributed by atoms with Crippen molar-refractivity contribution >= 4 is 49.9 Å². The van der Waals surface area contributed by atoms with Crippen LogP contribution >= 0.6 is 38.9 Å². The lowest BCUT2D eigenvalue weighted by Crippen LogP contribution is -2.04. The van der Waals surface area contributed by atoms with Gasteiger partial charge >= 0.3 is 0 Å². The van der Waals surface area contributed by atoms with Crippen molar-refractivity contribution in [1.82, 2.24) is 9.55 Å². The molecule has 3 rings (SSSR count). The minimum Gasteiger partial charge on any atom is -0.494 e. The van der Waals surface area contributed by atoms with E-state index in [0.29, 0.717) is 0 Å². The molecular formula is C15H14BrClN2OS. The third-order valence-electron chi connectivity index (χ3n) is 3.28. The first-order chi connectivity index (χ1) is 10.1. The van der Waals surface area contributed by atoms with Gasteiger partial charge in [0.1, 0.15) is 17.1 Å². The van der Waals surface area contributed by atoms with E-state index < -0.39 is 0 Å². The Kier molecular flexibility index (Phi) is 4.24. The van der Waals surface area contributed by atoms with Crippen molar-refractivity contribution < 1.29 is 4.74 Å². The number of thiophene rings is 1. The third-order valence-corrected chi connectivity index (χ3v) is 5.16. The molecule has 0 radical (unpaired) electrons. The van der Waals surface area contributed by atoms with E-state index in [4.69, 9.17) is 16.3 Å². The predicted octanol–water partition coefficient (Wildman–Crippen LogP) is 5.22. The number of hydrogen-bond donors (Lipinski definition) is 0. The van der Waals surface area contributed by atoms with E-state index in [2.05, 4.69) is 43.0 Å². The molecule has 1 unspecified atom stereocenters. The molecule has 6 heteroatoms. The van der Waals surface area contributed by atoms with Gasteiger partial charge in [-0.1, -0.05) is 6.07 Å². The van der Waals surface area contributed by atoms with E-state index in [-0.39, 0.29) is 5.38 Å². The minimum atomic E-state index is -0.162. The Bertz CT molecular complexity index is 781. The highest BCUT2D eigenvalue weighted by Crippen LogP contribution is 2.31. The second kappa shape index (κ2) is 5.99. The van der Waals surface area contributed by atoms with Crippen LogP contribution in [0.15, 0.2) is 34.1 Å². The molecule has 0 spiro atoms. The first-order valence-corrected chi connectivity index (χ1v) is 8.61. The Morgan fingerprint density at radius 1 is 1.48 bits per heavy atom. The highest BCUT2D eigenvalue weighted by atomic mass is 79.9. The highest BCUT2D eigenvalue weighted by Gasteiger charge is 2.18. The van der Waals surface area contributed by atoms with Gasteiger partial charge in [0.05, 0.1) is 24.5 Å². The number of hydrogen-bond acceptors (Lipinski definition) is 3. The Morgan fingerprint density at radius 2 is 2.29 bits per heavy atom. The van der Waals surface area contributed by atoms with Crippen LogP contribution in [0.4, 0.5) is 0 Å². The SMILES string of the molecule is COc1cccc2c1nc(C(C)Cl)n2Cc1cc(Br)cs1. The molecule has 2 heterocycles. The molecule has 0 aliphatic rings. The summed E-state index contributed by atoms with van der Waals surface area (Å²) < 4.78 is 8.67. The zero-order chi connectivity index (χ0) is 15.0. The molecule has 1 atom stereocenters. The van der Waals surface area contributed by atoms with E-state index >= 15 is 0 Å². The zero-order valence-corrected chi connectivity index (χ0v) is 14.8. The van der Waals surface area contributed by atoms with Crippen molar-refractivity contribution in [2.75, 3.05) is 7.11 Å². The third kappa shape index (κ3) is 2.82. The van der Waals surface area contributed by atoms with Gasteiger partial charge in [0.2, 0.25) is 0 Å². The maximum absolute atomic E-state index is 6.32. The Labute approximate surface area is 140 Å². The van der Waals surface area contributed by atoms with Crippen molar-refractivity contribution in [1.29, 1.82) is 0 Å². The monoisotopic (exact) mass is 384 g/mol. The molecule has 3 aromatic rings. The summed E-state index contributed by atoms with van der Waals surface area (Å²) in [7, 11) is 1.66. The summed E-state index contributed by atoms with van der Waals surface area (Å²) in [6.45, 7) is 2.70. The molecule has 0 bridgehead atoms. The summed E-state index contributed by atoms with van der Waals surface area (Å²) in [5, 5.41) is 1.92. The molecule has 2 aromatic heterocycles. The van der Waals surface area contributed by atoms with Crippen molar-refractivity contribution in [3.8, 4) is 5.75 Å². The lowest BCUT2D eigenvalue weighted by Gasteiger charge is -2.09. The number of methoxy groups -OCH3 is 1. The molecule has 0 saturated carbocycles. The molecule has 0 aliphatic heterocycles. The van der Waals surface area contributed by atoms with Crippen LogP contribution in [0.2, 0.25) is 0 Å². The van der Waals surface area contributed by atoms with E-state index in [1.54, 1.807) is 18.4 Å². The van der Waals surface area contributed by atoms with E-state index in [1.807, 2.05) is 19.1 Å². The van der Waals surface area contributed by atoms with Crippen LogP contribution in [0.3, 0.4) is 0 Å². The number of benzene rings is 1. The smallest absolute Gasteiger partial charge is 0.146 e. The lowest BCUT2D eigenvalue weighted by molar-refractivity contribution is 0.419. The van der Waals surface area contributed by atoms with E-state index in [0.717, 1.165) is 33.6 Å². The van der Waals surface area contributed by atoms with Crippen LogP contribution in [0.5, 0.6) is 5.75 Å². The van der Waals surface area contributed by atoms with Crippen LogP contribution in [-0.2, 0) is 6.54 Å². The topological polar surface area (TPSA) is 27.1 Å². The summed E-state index contributed by atoms with van der Waals surface area (Å²) in [6, 6.07) is 8.08. The summed E-state index contributed by atoms with van der Waals surface area (Å²) in [5.41, 5.74) is 1.90. The molecule has 21 heavy (non-hydrogen) atoms. The van der Waals surface area contributed by atoms with Crippen LogP contribution in [0.25, 0.3) is 11.0 Å². The number of para-hydroxylation sites is 1. The van der Waals surface area contributed by atoms with Crippen LogP contribution < -0.4 is 4.74 Å². The molecule has 0 fully saturated rings. The van der Waals surface area contributed by atoms with Crippen molar-refractivity contribution in [3.63, 3.8) is 0 Å². The number of rotatable bonds is 4. The zero-order valence-electron chi connectivity index (χ0n) is 11.6. The van der Waals surface area contributed by atoms with Gasteiger partial charge in [-0.25, -0.2) is 4.98 Å². The van der Waals surface area contributed by atoms with Gasteiger partial charge in [0, 0.05) is 14.7 Å². The molecule has 1 aromatic carbocycles. The second-order valence-electron chi connectivity index (χ2n) is 4.73. The van der Waals surface area contributed by atoms with Crippen molar-refractivity contribution in [2.45, 2.75) is 18.8 Å². The number of imidazole rings is 1. The van der Waals surface area contributed by atoms with Crippen LogP contribution in [-0.4, -0.2) is 16.7 Å². The normalized spacial score (nSPS) is 12.8. The molecular weight excluding hydrogens is 372 g/mol. The van der Waals surface area contributed by atoms with Gasteiger partial charge in [0.15, 0.2) is 0 Å². The lowest BCUT2D eigenvalue weighted by atomic mass is 10.3. The van der Waals surface area contributed by atoms with Gasteiger partial charge in [-0.3, -0.25) is 0 Å². The standard InChI is InChI=1S/C15H14BrClN2OS/c1-9(17)15-18-14-12(4-3-5-13(14)20-2)19(15)7-11-6-10(16)8-21-11/h3-6,8-9H,7H2,1-2H3. The van der Waals surface area contributed by atoms with Crippen molar-refractivity contribution in [3.05, 3.63) is 44.8 Å². The molecule has 0 amide bonds. The summed E-state index contributed by atoms with van der Waals surface area (Å²) >= 11 is 11.5. The average molecular weight is 386 g/mol. The highest BCUT2D eigenvalue weighted by molar-refractivity contribution is 9.10. The maximum atomic E-state index is 6.32. The number of fused-ring (bicyclic) bond motifs is 1. The maximum Gasteiger partial charge on any atom is 0.146 e. The number of nitrogens with zero attached hydrogens (tertiary/aromatic N) is 2. The van der Waals surface area contributed by atoms with E-state index in [1.165, 1.54) is 4.88 Å². The molecule has 0 aliphatic carbocycles. The first-order valence-electron chi connectivity index (χ1n) is 6.50. The van der Waals surface area contributed by atoms with Crippen LogP contribution in [0.1, 0.15) is 23.0 Å². The first kappa shape index (κ1) is 14.9. The average Bonchev–Trinajstić information content (AvgIpc) is 3.03. The number of alkyl halides is 1. The Hall–Kier alpha value is -1.04. The second-order valence-corrected chi connectivity index (χ2v) is 7.30. The quantitative estimate of drug-likeness (QED) is 0.576. The van der Waals surface area contributed by atoms with Gasteiger partial charge in [-0.2, -0.15) is 0 Å². The van der Waals surface area contributed by atoms with Gasteiger partial charge < -0.3 is 9.30 Å². The number of ether oxygens (including phenoxy) is 1. The van der Waals surface area contributed by atoms with Gasteiger partial charge in [0.25, 0.3) is 0 Å². The fourth-order valence-corrected chi connectivity index (χ4v) is 3.97. The molecule has 0 N–H and O–H groups in total. The Balaban J connectivity index is 2.16. The van der Waals surface area contributed by atoms with Crippen molar-refractivity contribution in [2.24, 2.45) is 0 Å². The predicted molar refractivity (Wildman–Crippen MR) is 91.7 cm³/mol. The van der Waals surface area contributed by atoms with Gasteiger partial charge in [-0.05, 0) is 41.1 Å². The molecule has 110 valence electrons. The number of halogens is 2. The minimum absolute atomic E-state index is 0.162. The Morgan fingerprint density at radius 3 is 2.90 bits per heavy atom. The number of aromatic nitrogens is 2.